The van der Waals surface area contributed by atoms with E-state index < -0.39 is 0 Å². The molecule has 0 saturated heterocycles. The summed E-state index contributed by atoms with van der Waals surface area (Å²) in [5, 5.41) is 10.2. The van der Waals surface area contributed by atoms with E-state index in [4.69, 9.17) is 23.2 Å². The molecular formula is C17H14Cl2O2. The smallest absolute Gasteiger partial charge is 0.168 e. The molecule has 2 aromatic rings. The highest BCUT2D eigenvalue weighted by atomic mass is 35.5. The molecule has 0 aromatic heterocycles. The van der Waals surface area contributed by atoms with E-state index in [-0.39, 0.29) is 33.4 Å². The van der Waals surface area contributed by atoms with E-state index in [1.54, 1.807) is 6.07 Å². The predicted octanol–water partition coefficient (Wildman–Crippen LogP) is 5.05. The number of phenols is 1. The van der Waals surface area contributed by atoms with Crippen molar-refractivity contribution in [2.45, 2.75) is 19.3 Å². The van der Waals surface area contributed by atoms with Crippen LogP contribution >= 0.6 is 23.2 Å². The first-order valence-electron chi connectivity index (χ1n) is 6.86. The summed E-state index contributed by atoms with van der Waals surface area (Å²) in [7, 11) is 0. The van der Waals surface area contributed by atoms with Gasteiger partial charge in [0, 0.05) is 17.4 Å². The molecule has 0 aliphatic heterocycles. The maximum absolute atomic E-state index is 12.7. The van der Waals surface area contributed by atoms with Crippen LogP contribution in [0.3, 0.4) is 0 Å². The standard InChI is InChI=1S/C17H14Cl2O2/c1-2-10-13(9-6-4-3-5-7-9)11-8-12(20)15(18)16(19)14(11)17(10)21/h3-8,10,13,20H,2H2,1H3/t10-,13+/m0/s1. The van der Waals surface area contributed by atoms with Crippen LogP contribution in [0.4, 0.5) is 0 Å². The zero-order valence-electron chi connectivity index (χ0n) is 11.4. The van der Waals surface area contributed by atoms with Crippen molar-refractivity contribution in [1.82, 2.24) is 0 Å². The van der Waals surface area contributed by atoms with E-state index in [0.717, 1.165) is 11.1 Å². The van der Waals surface area contributed by atoms with E-state index in [1.807, 2.05) is 37.3 Å². The largest absolute Gasteiger partial charge is 0.506 e. The van der Waals surface area contributed by atoms with Crippen LogP contribution in [-0.4, -0.2) is 10.9 Å². The van der Waals surface area contributed by atoms with Gasteiger partial charge in [-0.3, -0.25) is 4.79 Å². The lowest BCUT2D eigenvalue weighted by atomic mass is 9.84. The molecular weight excluding hydrogens is 307 g/mol. The van der Waals surface area contributed by atoms with Crippen LogP contribution in [0.25, 0.3) is 0 Å². The maximum atomic E-state index is 12.7. The van der Waals surface area contributed by atoms with Crippen molar-refractivity contribution in [3.63, 3.8) is 0 Å². The summed E-state index contributed by atoms with van der Waals surface area (Å²) in [6.45, 7) is 1.99. The molecule has 0 radical (unpaired) electrons. The SMILES string of the molecule is CC[C@@H]1C(=O)c2c(cc(O)c(Cl)c2Cl)[C@@H]1c1ccccc1. The zero-order chi connectivity index (χ0) is 15.1. The molecule has 21 heavy (non-hydrogen) atoms. The van der Waals surface area contributed by atoms with E-state index in [1.165, 1.54) is 0 Å². The molecule has 3 rings (SSSR count). The normalized spacial score (nSPS) is 20.6. The van der Waals surface area contributed by atoms with Crippen LogP contribution in [0.1, 0.15) is 40.7 Å². The zero-order valence-corrected chi connectivity index (χ0v) is 12.9. The molecule has 0 fully saturated rings. The van der Waals surface area contributed by atoms with Crippen LogP contribution in [0.2, 0.25) is 10.0 Å². The fourth-order valence-corrected chi connectivity index (χ4v) is 3.62. The summed E-state index contributed by atoms with van der Waals surface area (Å²) in [6.07, 6.45) is 0.710. The van der Waals surface area contributed by atoms with Gasteiger partial charge in [0.15, 0.2) is 5.78 Å². The summed E-state index contributed by atoms with van der Waals surface area (Å²) in [6, 6.07) is 11.4. The van der Waals surface area contributed by atoms with Crippen molar-refractivity contribution in [3.05, 3.63) is 63.1 Å². The van der Waals surface area contributed by atoms with Gasteiger partial charge < -0.3 is 5.11 Å². The number of phenolic OH excluding ortho intramolecular Hbond substituents is 1. The van der Waals surface area contributed by atoms with Crippen molar-refractivity contribution in [3.8, 4) is 5.75 Å². The van der Waals surface area contributed by atoms with Crippen molar-refractivity contribution in [2.24, 2.45) is 5.92 Å². The molecule has 4 heteroatoms. The molecule has 0 saturated carbocycles. The van der Waals surface area contributed by atoms with Crippen molar-refractivity contribution in [1.29, 1.82) is 0 Å². The van der Waals surface area contributed by atoms with Crippen molar-refractivity contribution >= 4 is 29.0 Å². The highest BCUT2D eigenvalue weighted by Crippen LogP contribution is 2.50. The van der Waals surface area contributed by atoms with Gasteiger partial charge in [0.2, 0.25) is 0 Å². The van der Waals surface area contributed by atoms with E-state index >= 15 is 0 Å². The lowest BCUT2D eigenvalue weighted by Gasteiger charge is -2.18. The molecule has 0 amide bonds. The molecule has 0 heterocycles. The molecule has 1 aliphatic rings. The van der Waals surface area contributed by atoms with Crippen LogP contribution in [0.15, 0.2) is 36.4 Å². The van der Waals surface area contributed by atoms with Crippen molar-refractivity contribution in [2.75, 3.05) is 0 Å². The van der Waals surface area contributed by atoms with Gasteiger partial charge in [-0.05, 0) is 23.6 Å². The monoisotopic (exact) mass is 320 g/mol. The average molecular weight is 321 g/mol. The summed E-state index contributed by atoms with van der Waals surface area (Å²) in [4.78, 5) is 12.7. The Bertz CT molecular complexity index is 710. The van der Waals surface area contributed by atoms with Gasteiger partial charge in [0.25, 0.3) is 0 Å². The Morgan fingerprint density at radius 2 is 1.81 bits per heavy atom. The minimum Gasteiger partial charge on any atom is -0.506 e. The average Bonchev–Trinajstić information content (AvgIpc) is 2.77. The van der Waals surface area contributed by atoms with Gasteiger partial charge in [0.1, 0.15) is 10.8 Å². The maximum Gasteiger partial charge on any atom is 0.168 e. The number of hydrogen-bond donors (Lipinski definition) is 1. The van der Waals surface area contributed by atoms with Gasteiger partial charge in [-0.1, -0.05) is 60.5 Å². The molecule has 1 aliphatic carbocycles. The third kappa shape index (κ3) is 2.14. The number of ketones is 1. The summed E-state index contributed by atoms with van der Waals surface area (Å²) in [5.74, 6) is -0.323. The summed E-state index contributed by atoms with van der Waals surface area (Å²) < 4.78 is 0. The number of aromatic hydroxyl groups is 1. The Hall–Kier alpha value is -1.51. The van der Waals surface area contributed by atoms with E-state index in [0.29, 0.717) is 12.0 Å². The number of hydrogen-bond acceptors (Lipinski definition) is 2. The van der Waals surface area contributed by atoms with E-state index in [9.17, 15) is 9.90 Å². The topological polar surface area (TPSA) is 37.3 Å². The van der Waals surface area contributed by atoms with Crippen LogP contribution < -0.4 is 0 Å². The second-order valence-electron chi connectivity index (χ2n) is 5.26. The molecule has 2 atom stereocenters. The Labute approximate surface area is 133 Å². The molecule has 0 bridgehead atoms. The van der Waals surface area contributed by atoms with Crippen molar-refractivity contribution < 1.29 is 9.90 Å². The Morgan fingerprint density at radius 3 is 2.43 bits per heavy atom. The van der Waals surface area contributed by atoms with Gasteiger partial charge >= 0.3 is 0 Å². The summed E-state index contributed by atoms with van der Waals surface area (Å²) >= 11 is 12.2. The van der Waals surface area contributed by atoms with Gasteiger partial charge in [-0.2, -0.15) is 0 Å². The minimum absolute atomic E-state index is 0.00764. The van der Waals surface area contributed by atoms with Gasteiger partial charge in [0.05, 0.1) is 5.02 Å². The van der Waals surface area contributed by atoms with Crippen LogP contribution in [-0.2, 0) is 0 Å². The van der Waals surface area contributed by atoms with E-state index in [2.05, 4.69) is 0 Å². The lowest BCUT2D eigenvalue weighted by Crippen LogP contribution is -2.13. The highest BCUT2D eigenvalue weighted by Gasteiger charge is 2.41. The third-order valence-corrected chi connectivity index (χ3v) is 4.99. The molecule has 2 aromatic carbocycles. The van der Waals surface area contributed by atoms with Gasteiger partial charge in [-0.15, -0.1) is 0 Å². The molecule has 2 nitrogen and oxygen atoms in total. The molecule has 0 unspecified atom stereocenters. The fraction of sp³-hybridized carbons (Fsp3) is 0.235. The highest BCUT2D eigenvalue weighted by molar-refractivity contribution is 6.45. The number of halogens is 2. The third-order valence-electron chi connectivity index (χ3n) is 4.14. The van der Waals surface area contributed by atoms with Gasteiger partial charge in [-0.25, -0.2) is 0 Å². The second-order valence-corrected chi connectivity index (χ2v) is 6.01. The Kier molecular flexibility index (Phi) is 3.68. The Balaban J connectivity index is 2.26. The quantitative estimate of drug-likeness (QED) is 0.840. The number of fused-ring (bicyclic) bond motifs is 1. The number of Topliss-reactive ketones (excluding diaryl/α,β-unsaturated/α-hetero) is 1. The number of carbonyl (C=O) groups excluding carboxylic acids is 1. The molecule has 1 N–H and O–H groups in total. The minimum atomic E-state index is -0.169. The lowest BCUT2D eigenvalue weighted by molar-refractivity contribution is 0.0926. The van der Waals surface area contributed by atoms with Crippen LogP contribution in [0.5, 0.6) is 5.75 Å². The number of rotatable bonds is 2. The second kappa shape index (κ2) is 5.36. The fourth-order valence-electron chi connectivity index (χ4n) is 3.17. The summed E-state index contributed by atoms with van der Waals surface area (Å²) in [5.41, 5.74) is 2.28. The first kappa shape index (κ1) is 14.4. The Morgan fingerprint density at radius 1 is 1.14 bits per heavy atom. The van der Waals surface area contributed by atoms with Crippen LogP contribution in [0, 0.1) is 5.92 Å². The predicted molar refractivity (Wildman–Crippen MR) is 84.5 cm³/mol. The molecule has 108 valence electrons. The number of carbonyl (C=O) groups is 1. The number of benzene rings is 2. The first-order chi connectivity index (χ1) is 10.1. The first-order valence-corrected chi connectivity index (χ1v) is 7.61. The molecule has 0 spiro atoms.